The lowest BCUT2D eigenvalue weighted by atomic mass is 9.97. The molecule has 4 aromatic rings. The molecule has 1 aliphatic carbocycles. The molecule has 5 rings (SSSR count). The highest BCUT2D eigenvalue weighted by Gasteiger charge is 2.36. The number of aromatic nitrogens is 1. The SMILES string of the molecule is Cc1cc(Cl)c(OCCOc2ccc(CC(CN)C(=O)N(Cc3cc(CC#N)cc4cccnc34)C3CC3)cc2)c(Cl)c1. The van der Waals surface area contributed by atoms with E-state index < -0.39 is 0 Å². The number of carbonyl (C=O) groups is 1. The molecule has 0 radical (unpaired) electrons. The van der Waals surface area contributed by atoms with E-state index in [0.29, 0.717) is 47.5 Å². The summed E-state index contributed by atoms with van der Waals surface area (Å²) >= 11 is 12.5. The number of ether oxygens (including phenoxy) is 2. The summed E-state index contributed by atoms with van der Waals surface area (Å²) in [7, 11) is 0. The number of amides is 1. The average molecular weight is 618 g/mol. The molecule has 1 saturated carbocycles. The van der Waals surface area contributed by atoms with E-state index in [0.717, 1.165) is 46.0 Å². The van der Waals surface area contributed by atoms with Gasteiger partial charge in [0.2, 0.25) is 5.91 Å². The minimum Gasteiger partial charge on any atom is -0.490 e. The van der Waals surface area contributed by atoms with Gasteiger partial charge in [-0.25, -0.2) is 0 Å². The lowest BCUT2D eigenvalue weighted by Gasteiger charge is -2.28. The molecule has 7 nitrogen and oxygen atoms in total. The van der Waals surface area contributed by atoms with E-state index in [9.17, 15) is 10.1 Å². The van der Waals surface area contributed by atoms with E-state index in [1.54, 1.807) is 18.3 Å². The van der Waals surface area contributed by atoms with E-state index >= 15 is 0 Å². The van der Waals surface area contributed by atoms with Gasteiger partial charge in [-0.05, 0) is 84.8 Å². The van der Waals surface area contributed by atoms with Crippen LogP contribution in [0.5, 0.6) is 11.5 Å². The zero-order valence-electron chi connectivity index (χ0n) is 24.1. The van der Waals surface area contributed by atoms with Crippen molar-refractivity contribution < 1.29 is 14.3 Å². The Kier molecular flexibility index (Phi) is 10.0. The number of fused-ring (bicyclic) bond motifs is 1. The molecular weight excluding hydrogens is 583 g/mol. The van der Waals surface area contributed by atoms with Gasteiger partial charge in [0.25, 0.3) is 0 Å². The van der Waals surface area contributed by atoms with Gasteiger partial charge in [-0.2, -0.15) is 5.26 Å². The lowest BCUT2D eigenvalue weighted by Crippen LogP contribution is -2.41. The molecule has 1 aliphatic rings. The van der Waals surface area contributed by atoms with Crippen molar-refractivity contribution in [2.24, 2.45) is 11.7 Å². The fraction of sp³-hybridized carbons (Fsp3) is 0.324. The summed E-state index contributed by atoms with van der Waals surface area (Å²) in [5.41, 5.74) is 10.9. The van der Waals surface area contributed by atoms with E-state index in [-0.39, 0.29) is 31.0 Å². The van der Waals surface area contributed by atoms with Crippen LogP contribution < -0.4 is 15.2 Å². The third-order valence-corrected chi connectivity index (χ3v) is 8.08. The van der Waals surface area contributed by atoms with Crippen LogP contribution in [0.15, 0.2) is 66.9 Å². The second-order valence-electron chi connectivity index (χ2n) is 10.9. The molecule has 1 unspecified atom stereocenters. The van der Waals surface area contributed by atoms with Gasteiger partial charge in [-0.15, -0.1) is 0 Å². The summed E-state index contributed by atoms with van der Waals surface area (Å²) in [5.74, 6) is 0.835. The van der Waals surface area contributed by atoms with Crippen LogP contribution in [-0.2, 0) is 24.2 Å². The van der Waals surface area contributed by atoms with Crippen molar-refractivity contribution in [3.8, 4) is 17.6 Å². The van der Waals surface area contributed by atoms with Crippen molar-refractivity contribution in [3.05, 3.63) is 99.2 Å². The third-order valence-electron chi connectivity index (χ3n) is 7.52. The van der Waals surface area contributed by atoms with Crippen molar-refractivity contribution >= 4 is 40.0 Å². The number of pyridine rings is 1. The van der Waals surface area contributed by atoms with Gasteiger partial charge >= 0.3 is 0 Å². The number of hydrogen-bond acceptors (Lipinski definition) is 6. The molecule has 43 heavy (non-hydrogen) atoms. The number of carbonyl (C=O) groups excluding carboxylic acids is 1. The Morgan fingerprint density at radius 1 is 1.07 bits per heavy atom. The smallest absolute Gasteiger partial charge is 0.227 e. The molecule has 1 atom stereocenters. The number of rotatable bonds is 13. The molecule has 0 spiro atoms. The van der Waals surface area contributed by atoms with E-state index in [2.05, 4.69) is 11.1 Å². The number of benzene rings is 3. The fourth-order valence-electron chi connectivity index (χ4n) is 5.25. The Labute approximate surface area is 262 Å². The molecule has 0 bridgehead atoms. The highest BCUT2D eigenvalue weighted by Crippen LogP contribution is 2.34. The van der Waals surface area contributed by atoms with Crippen LogP contribution in [0.1, 0.15) is 35.1 Å². The Hall–Kier alpha value is -3.83. The van der Waals surface area contributed by atoms with Crippen LogP contribution in [0, 0.1) is 24.2 Å². The first-order valence-corrected chi connectivity index (χ1v) is 15.2. The first-order chi connectivity index (χ1) is 20.9. The normalized spacial score (nSPS) is 13.4. The minimum atomic E-state index is -0.355. The van der Waals surface area contributed by atoms with Crippen molar-refractivity contribution in [2.75, 3.05) is 19.8 Å². The minimum absolute atomic E-state index is 0.0469. The molecule has 0 saturated heterocycles. The van der Waals surface area contributed by atoms with Crippen LogP contribution in [0.3, 0.4) is 0 Å². The van der Waals surface area contributed by atoms with E-state index in [4.69, 9.17) is 38.4 Å². The second-order valence-corrected chi connectivity index (χ2v) is 11.7. The van der Waals surface area contributed by atoms with Crippen LogP contribution in [-0.4, -0.2) is 41.6 Å². The predicted molar refractivity (Wildman–Crippen MR) is 170 cm³/mol. The van der Waals surface area contributed by atoms with Crippen molar-refractivity contribution in [3.63, 3.8) is 0 Å². The number of nitrogens with zero attached hydrogens (tertiary/aromatic N) is 3. The molecule has 3 aromatic carbocycles. The van der Waals surface area contributed by atoms with Gasteiger partial charge in [0.05, 0.1) is 34.0 Å². The fourth-order valence-corrected chi connectivity index (χ4v) is 5.95. The Morgan fingerprint density at radius 2 is 1.79 bits per heavy atom. The molecule has 0 aliphatic heterocycles. The van der Waals surface area contributed by atoms with E-state index in [1.165, 1.54) is 0 Å². The number of aryl methyl sites for hydroxylation is 1. The molecule has 1 aromatic heterocycles. The highest BCUT2D eigenvalue weighted by molar-refractivity contribution is 6.37. The monoisotopic (exact) mass is 616 g/mol. The average Bonchev–Trinajstić information content (AvgIpc) is 3.84. The maximum absolute atomic E-state index is 13.9. The van der Waals surface area contributed by atoms with E-state index in [1.807, 2.05) is 60.4 Å². The summed E-state index contributed by atoms with van der Waals surface area (Å²) in [6, 6.07) is 21.6. The summed E-state index contributed by atoms with van der Waals surface area (Å²) in [4.78, 5) is 20.4. The van der Waals surface area contributed by atoms with Gasteiger partial charge < -0.3 is 20.1 Å². The van der Waals surface area contributed by atoms with Gasteiger partial charge in [0.1, 0.15) is 19.0 Å². The first kappa shape index (κ1) is 30.6. The van der Waals surface area contributed by atoms with Crippen LogP contribution in [0.4, 0.5) is 0 Å². The van der Waals surface area contributed by atoms with Crippen LogP contribution in [0.25, 0.3) is 10.9 Å². The van der Waals surface area contributed by atoms with Crippen molar-refractivity contribution in [2.45, 2.75) is 45.2 Å². The van der Waals surface area contributed by atoms with Gasteiger partial charge in [-0.1, -0.05) is 47.5 Å². The predicted octanol–water partition coefficient (Wildman–Crippen LogP) is 6.68. The largest absolute Gasteiger partial charge is 0.490 e. The standard InChI is InChI=1S/C34H34Cl2N4O3/c1-22-15-30(35)33(31(36)16-22)43-14-13-42-29-8-4-23(5-9-29)17-26(20-38)34(41)40(28-6-7-28)21-27-19-24(10-11-37)18-25-3-2-12-39-32(25)27/h2-5,8-9,12,15-16,18-19,26,28H,6-7,10,13-14,17,20-21,38H2,1H3. The van der Waals surface area contributed by atoms with Crippen LogP contribution >= 0.6 is 23.2 Å². The summed E-state index contributed by atoms with van der Waals surface area (Å²) in [6.07, 6.45) is 4.55. The second kappa shape index (κ2) is 14.1. The maximum Gasteiger partial charge on any atom is 0.227 e. The number of nitriles is 1. The number of nitrogens with two attached hydrogens (primary N) is 1. The van der Waals surface area contributed by atoms with Crippen LogP contribution in [0.2, 0.25) is 10.0 Å². The summed E-state index contributed by atoms with van der Waals surface area (Å²) < 4.78 is 11.6. The topological polar surface area (TPSA) is 101 Å². The lowest BCUT2D eigenvalue weighted by molar-refractivity contribution is -0.136. The number of hydrogen-bond donors (Lipinski definition) is 1. The summed E-state index contributed by atoms with van der Waals surface area (Å²) in [5, 5.41) is 11.2. The molecule has 9 heteroatoms. The van der Waals surface area contributed by atoms with Gasteiger partial charge in [-0.3, -0.25) is 9.78 Å². The first-order valence-electron chi connectivity index (χ1n) is 14.4. The Bertz CT molecular complexity index is 1610. The molecular formula is C34H34Cl2N4O3. The highest BCUT2D eigenvalue weighted by atomic mass is 35.5. The Balaban J connectivity index is 1.20. The quantitative estimate of drug-likeness (QED) is 0.168. The molecule has 1 heterocycles. The number of halogens is 2. The van der Waals surface area contributed by atoms with Gasteiger partial charge in [0, 0.05) is 30.7 Å². The van der Waals surface area contributed by atoms with Crippen molar-refractivity contribution in [1.29, 1.82) is 5.26 Å². The van der Waals surface area contributed by atoms with Crippen molar-refractivity contribution in [1.82, 2.24) is 9.88 Å². The molecule has 2 N–H and O–H groups in total. The maximum atomic E-state index is 13.9. The third kappa shape index (κ3) is 7.77. The zero-order valence-corrected chi connectivity index (χ0v) is 25.6. The summed E-state index contributed by atoms with van der Waals surface area (Å²) in [6.45, 7) is 3.21. The zero-order chi connectivity index (χ0) is 30.3. The van der Waals surface area contributed by atoms with Gasteiger partial charge in [0.15, 0.2) is 5.75 Å². The molecule has 1 fully saturated rings. The molecule has 1 amide bonds. The Morgan fingerprint density at radius 3 is 2.47 bits per heavy atom. The molecule has 222 valence electrons.